The topological polar surface area (TPSA) is 60.7 Å². The van der Waals surface area contributed by atoms with E-state index >= 15 is 0 Å². The van der Waals surface area contributed by atoms with Gasteiger partial charge in [-0.3, -0.25) is 4.79 Å². The molecule has 0 atom stereocenters. The number of hydrogen-bond acceptors (Lipinski definition) is 4. The second kappa shape index (κ2) is 5.11. The van der Waals surface area contributed by atoms with Crippen molar-refractivity contribution in [3.05, 3.63) is 54.3 Å². The van der Waals surface area contributed by atoms with Crippen LogP contribution in [-0.4, -0.2) is 12.7 Å². The number of amides is 1. The van der Waals surface area contributed by atoms with E-state index in [1.54, 1.807) is 24.5 Å². The number of carbonyl (C=O) groups is 1. The van der Waals surface area contributed by atoms with Gasteiger partial charge in [0.05, 0.1) is 12.7 Å². The van der Waals surface area contributed by atoms with Crippen LogP contribution in [0.4, 0.5) is 5.69 Å². The first-order valence-corrected chi connectivity index (χ1v) is 6.94. The van der Waals surface area contributed by atoms with Crippen LogP contribution in [0.25, 0.3) is 11.0 Å². The third kappa shape index (κ3) is 2.26. The fourth-order valence-electron chi connectivity index (χ4n) is 2.52. The lowest BCUT2D eigenvalue weighted by Crippen LogP contribution is -2.14. The first-order valence-electron chi connectivity index (χ1n) is 6.94. The Morgan fingerprint density at radius 1 is 1.09 bits per heavy atom. The molecule has 3 aromatic rings. The number of nitrogens with one attached hydrogen (secondary N) is 1. The zero-order chi connectivity index (χ0) is 14.9. The summed E-state index contributed by atoms with van der Waals surface area (Å²) in [5, 5.41) is 3.82. The van der Waals surface area contributed by atoms with Crippen LogP contribution >= 0.6 is 0 Å². The molecular weight excluding hydrogens is 282 g/mol. The molecule has 0 spiro atoms. The van der Waals surface area contributed by atoms with E-state index in [2.05, 4.69) is 5.32 Å². The van der Waals surface area contributed by atoms with Crippen molar-refractivity contribution in [2.45, 2.75) is 6.42 Å². The Kier molecular flexibility index (Phi) is 2.96. The van der Waals surface area contributed by atoms with Crippen molar-refractivity contribution in [3.63, 3.8) is 0 Å². The Labute approximate surface area is 126 Å². The van der Waals surface area contributed by atoms with E-state index in [4.69, 9.17) is 13.9 Å². The number of para-hydroxylation sites is 1. The fraction of sp³-hybridized carbons (Fsp3) is 0.118. The average molecular weight is 295 g/mol. The predicted molar refractivity (Wildman–Crippen MR) is 81.1 cm³/mol. The molecule has 1 aromatic heterocycles. The van der Waals surface area contributed by atoms with Crippen molar-refractivity contribution >= 4 is 22.6 Å². The molecule has 4 rings (SSSR count). The number of benzene rings is 2. The van der Waals surface area contributed by atoms with Gasteiger partial charge < -0.3 is 19.2 Å². The Morgan fingerprint density at radius 2 is 1.95 bits per heavy atom. The lowest BCUT2D eigenvalue weighted by atomic mass is 10.1. The van der Waals surface area contributed by atoms with E-state index in [-0.39, 0.29) is 19.1 Å². The van der Waals surface area contributed by atoms with Gasteiger partial charge in [-0.25, -0.2) is 0 Å². The Morgan fingerprint density at radius 3 is 2.91 bits per heavy atom. The minimum absolute atomic E-state index is 0.106. The van der Waals surface area contributed by atoms with E-state index < -0.39 is 0 Å². The molecule has 5 heteroatoms. The molecule has 0 unspecified atom stereocenters. The largest absolute Gasteiger partial charge is 0.464 e. The quantitative estimate of drug-likeness (QED) is 0.805. The highest BCUT2D eigenvalue weighted by Crippen LogP contribution is 2.34. The molecular formula is C17H13NO4. The van der Waals surface area contributed by atoms with Gasteiger partial charge in [-0.05, 0) is 18.2 Å². The number of fused-ring (bicyclic) bond motifs is 2. The summed E-state index contributed by atoms with van der Waals surface area (Å²) in [5.41, 5.74) is 2.34. The summed E-state index contributed by atoms with van der Waals surface area (Å²) in [6, 6.07) is 13.0. The Balaban J connectivity index is 1.51. The standard InChI is InChI=1S/C17H13NO4/c19-17(7-11-9-20-14-4-2-1-3-13(11)14)18-12-5-6-15-16(8-12)22-10-21-15/h1-6,8-9H,7,10H2,(H,18,19). The Bertz CT molecular complexity index is 853. The third-order valence-corrected chi connectivity index (χ3v) is 3.57. The van der Waals surface area contributed by atoms with Crippen molar-refractivity contribution in [2.24, 2.45) is 0 Å². The van der Waals surface area contributed by atoms with E-state index in [1.165, 1.54) is 0 Å². The first kappa shape index (κ1) is 12.8. The summed E-state index contributed by atoms with van der Waals surface area (Å²) in [4.78, 5) is 12.2. The highest BCUT2D eigenvalue weighted by molar-refractivity contribution is 5.95. The van der Waals surface area contributed by atoms with Gasteiger partial charge in [0.1, 0.15) is 5.58 Å². The number of anilines is 1. The van der Waals surface area contributed by atoms with Crippen LogP contribution in [0.15, 0.2) is 53.1 Å². The lowest BCUT2D eigenvalue weighted by molar-refractivity contribution is -0.115. The van der Waals surface area contributed by atoms with Crippen LogP contribution in [0.3, 0.4) is 0 Å². The zero-order valence-corrected chi connectivity index (χ0v) is 11.7. The molecule has 0 fully saturated rings. The van der Waals surface area contributed by atoms with Gasteiger partial charge in [0.25, 0.3) is 0 Å². The lowest BCUT2D eigenvalue weighted by Gasteiger charge is -2.05. The summed E-state index contributed by atoms with van der Waals surface area (Å²) >= 11 is 0. The second-order valence-corrected chi connectivity index (χ2v) is 5.05. The minimum atomic E-state index is -0.106. The van der Waals surface area contributed by atoms with Crippen molar-refractivity contribution in [3.8, 4) is 11.5 Å². The summed E-state index contributed by atoms with van der Waals surface area (Å²) in [6.45, 7) is 0.216. The molecule has 0 saturated heterocycles. The molecule has 0 bridgehead atoms. The second-order valence-electron chi connectivity index (χ2n) is 5.05. The zero-order valence-electron chi connectivity index (χ0n) is 11.7. The maximum atomic E-state index is 12.2. The van der Waals surface area contributed by atoms with Gasteiger partial charge in [0.15, 0.2) is 11.5 Å². The number of rotatable bonds is 3. The van der Waals surface area contributed by atoms with Crippen LogP contribution in [0.5, 0.6) is 11.5 Å². The number of ether oxygens (including phenoxy) is 2. The van der Waals surface area contributed by atoms with E-state index in [1.807, 2.05) is 24.3 Å². The normalized spacial score (nSPS) is 12.5. The van der Waals surface area contributed by atoms with Gasteiger partial charge in [-0.1, -0.05) is 18.2 Å². The van der Waals surface area contributed by atoms with Crippen LogP contribution in [-0.2, 0) is 11.2 Å². The molecule has 2 aromatic carbocycles. The molecule has 22 heavy (non-hydrogen) atoms. The van der Waals surface area contributed by atoms with Crippen molar-refractivity contribution in [2.75, 3.05) is 12.1 Å². The van der Waals surface area contributed by atoms with Gasteiger partial charge in [-0.15, -0.1) is 0 Å². The highest BCUT2D eigenvalue weighted by atomic mass is 16.7. The van der Waals surface area contributed by atoms with E-state index in [0.29, 0.717) is 17.2 Å². The summed E-state index contributed by atoms with van der Waals surface area (Å²) < 4.78 is 16.0. The molecule has 0 radical (unpaired) electrons. The maximum Gasteiger partial charge on any atom is 0.231 e. The molecule has 1 aliphatic rings. The van der Waals surface area contributed by atoms with E-state index in [9.17, 15) is 4.79 Å². The smallest absolute Gasteiger partial charge is 0.231 e. The number of furan rings is 1. The van der Waals surface area contributed by atoms with Crippen LogP contribution < -0.4 is 14.8 Å². The minimum Gasteiger partial charge on any atom is -0.464 e. The average Bonchev–Trinajstić information content (AvgIpc) is 3.14. The molecule has 0 aliphatic carbocycles. The third-order valence-electron chi connectivity index (χ3n) is 3.57. The van der Waals surface area contributed by atoms with Crippen LogP contribution in [0, 0.1) is 0 Å². The number of hydrogen-bond donors (Lipinski definition) is 1. The molecule has 110 valence electrons. The molecule has 2 heterocycles. The molecule has 5 nitrogen and oxygen atoms in total. The van der Waals surface area contributed by atoms with Gasteiger partial charge in [0, 0.05) is 22.7 Å². The SMILES string of the molecule is O=C(Cc1coc2ccccc12)Nc1ccc2c(c1)OCO2. The summed E-state index contributed by atoms with van der Waals surface area (Å²) in [6.07, 6.45) is 1.88. The molecule has 1 amide bonds. The maximum absolute atomic E-state index is 12.2. The van der Waals surface area contributed by atoms with Gasteiger partial charge in [-0.2, -0.15) is 0 Å². The van der Waals surface area contributed by atoms with Crippen molar-refractivity contribution < 1.29 is 18.7 Å². The fourth-order valence-corrected chi connectivity index (χ4v) is 2.52. The van der Waals surface area contributed by atoms with Crippen LogP contribution in [0.2, 0.25) is 0 Å². The first-order chi connectivity index (χ1) is 10.8. The highest BCUT2D eigenvalue weighted by Gasteiger charge is 2.15. The summed E-state index contributed by atoms with van der Waals surface area (Å²) in [7, 11) is 0. The van der Waals surface area contributed by atoms with Gasteiger partial charge >= 0.3 is 0 Å². The predicted octanol–water partition coefficient (Wildman–Crippen LogP) is 3.34. The molecule has 1 aliphatic heterocycles. The van der Waals surface area contributed by atoms with Crippen LogP contribution in [0.1, 0.15) is 5.56 Å². The van der Waals surface area contributed by atoms with Crippen molar-refractivity contribution in [1.82, 2.24) is 0 Å². The van der Waals surface area contributed by atoms with E-state index in [0.717, 1.165) is 16.5 Å². The summed E-state index contributed by atoms with van der Waals surface area (Å²) in [5.74, 6) is 1.23. The van der Waals surface area contributed by atoms with Crippen molar-refractivity contribution in [1.29, 1.82) is 0 Å². The monoisotopic (exact) mass is 295 g/mol. The number of carbonyl (C=O) groups excluding carboxylic acids is 1. The Hall–Kier alpha value is -2.95. The molecule has 0 saturated carbocycles. The molecule has 1 N–H and O–H groups in total. The van der Waals surface area contributed by atoms with Gasteiger partial charge in [0.2, 0.25) is 12.7 Å².